The third-order valence-corrected chi connectivity index (χ3v) is 5.75. The molecule has 2 aromatic rings. The predicted molar refractivity (Wildman–Crippen MR) is 124 cm³/mol. The summed E-state index contributed by atoms with van der Waals surface area (Å²) < 4.78 is 5.27. The number of carbonyl (C=O) groups is 3. The van der Waals surface area contributed by atoms with E-state index < -0.39 is 17.9 Å². The van der Waals surface area contributed by atoms with E-state index in [1.165, 1.54) is 0 Å². The Labute approximate surface area is 193 Å². The number of hydrogen-bond acceptors (Lipinski definition) is 5. The molecule has 32 heavy (non-hydrogen) atoms. The number of halogens is 1. The Morgan fingerprint density at radius 2 is 1.59 bits per heavy atom. The van der Waals surface area contributed by atoms with Gasteiger partial charge in [0.2, 0.25) is 0 Å². The lowest BCUT2D eigenvalue weighted by atomic mass is 10.0. The molecule has 1 aliphatic heterocycles. The summed E-state index contributed by atoms with van der Waals surface area (Å²) in [6.07, 6.45) is 0. The van der Waals surface area contributed by atoms with Crippen LogP contribution in [0.2, 0.25) is 5.02 Å². The number of ether oxygens (including phenoxy) is 1. The summed E-state index contributed by atoms with van der Waals surface area (Å²) in [4.78, 5) is 41.6. The van der Waals surface area contributed by atoms with Crippen LogP contribution in [0.25, 0.3) is 0 Å². The smallest absolute Gasteiger partial charge is 0.329 e. The number of nitrogens with zero attached hydrogens (tertiary/aromatic N) is 2. The zero-order chi connectivity index (χ0) is 23.1. The van der Waals surface area contributed by atoms with Gasteiger partial charge >= 0.3 is 5.97 Å². The van der Waals surface area contributed by atoms with Gasteiger partial charge in [0.15, 0.2) is 6.61 Å². The van der Waals surface area contributed by atoms with E-state index in [1.807, 2.05) is 30.3 Å². The number of para-hydroxylation sites is 1. The Morgan fingerprint density at radius 1 is 0.969 bits per heavy atom. The predicted octanol–water partition coefficient (Wildman–Crippen LogP) is 2.99. The van der Waals surface area contributed by atoms with Crippen LogP contribution in [0.4, 0.5) is 5.69 Å². The van der Waals surface area contributed by atoms with Crippen molar-refractivity contribution in [2.24, 2.45) is 5.92 Å². The largest absolute Gasteiger partial charge is 0.454 e. The van der Waals surface area contributed by atoms with Crippen LogP contribution >= 0.6 is 11.6 Å². The van der Waals surface area contributed by atoms with Gasteiger partial charge in [0.05, 0.1) is 10.6 Å². The van der Waals surface area contributed by atoms with Crippen LogP contribution in [0.1, 0.15) is 24.2 Å². The lowest BCUT2D eigenvalue weighted by molar-refractivity contribution is -0.154. The number of esters is 1. The molecule has 1 aliphatic rings. The molecular formula is C24H28ClN3O4. The van der Waals surface area contributed by atoms with Crippen molar-refractivity contribution in [3.8, 4) is 0 Å². The first kappa shape index (κ1) is 23.6. The second-order valence-electron chi connectivity index (χ2n) is 7.99. The van der Waals surface area contributed by atoms with Gasteiger partial charge in [0.25, 0.3) is 11.8 Å². The van der Waals surface area contributed by atoms with Crippen molar-refractivity contribution >= 4 is 35.1 Å². The molecule has 1 fully saturated rings. The number of nitrogens with one attached hydrogen (secondary N) is 1. The minimum Gasteiger partial charge on any atom is -0.454 e. The Morgan fingerprint density at radius 3 is 2.22 bits per heavy atom. The molecule has 3 rings (SSSR count). The molecule has 2 amide bonds. The van der Waals surface area contributed by atoms with Crippen molar-refractivity contribution in [1.82, 2.24) is 10.2 Å². The topological polar surface area (TPSA) is 78.9 Å². The highest BCUT2D eigenvalue weighted by atomic mass is 35.5. The van der Waals surface area contributed by atoms with Gasteiger partial charge in [-0.1, -0.05) is 55.8 Å². The van der Waals surface area contributed by atoms with E-state index in [9.17, 15) is 14.4 Å². The normalized spacial score (nSPS) is 14.8. The standard InChI is InChI=1S/C24H28ClN3O4/c1-17(2)22(26-23(30)19-10-6-7-11-20(19)25)24(31)32-16-21(29)28-14-12-27(13-15-28)18-8-4-3-5-9-18/h3-11,17,22H,12-16H2,1-2H3,(H,26,30)/t22-/m1/s1. The molecule has 8 heteroatoms. The van der Waals surface area contributed by atoms with Crippen LogP contribution in [0.3, 0.4) is 0 Å². The average molecular weight is 458 g/mol. The quantitative estimate of drug-likeness (QED) is 0.646. The van der Waals surface area contributed by atoms with Gasteiger partial charge in [0, 0.05) is 31.9 Å². The number of benzene rings is 2. The monoisotopic (exact) mass is 457 g/mol. The molecular weight excluding hydrogens is 430 g/mol. The molecule has 0 aliphatic carbocycles. The number of carbonyl (C=O) groups excluding carboxylic acids is 3. The maximum atomic E-state index is 12.6. The number of amides is 2. The van der Waals surface area contributed by atoms with Gasteiger partial charge in [-0.05, 0) is 30.2 Å². The highest BCUT2D eigenvalue weighted by Gasteiger charge is 2.28. The van der Waals surface area contributed by atoms with Gasteiger partial charge < -0.3 is 19.9 Å². The summed E-state index contributed by atoms with van der Waals surface area (Å²) in [7, 11) is 0. The lowest BCUT2D eigenvalue weighted by Crippen LogP contribution is -2.50. The first-order valence-corrected chi connectivity index (χ1v) is 11.0. The van der Waals surface area contributed by atoms with Crippen molar-refractivity contribution in [2.75, 3.05) is 37.7 Å². The van der Waals surface area contributed by atoms with Crippen molar-refractivity contribution < 1.29 is 19.1 Å². The van der Waals surface area contributed by atoms with Crippen molar-refractivity contribution in [1.29, 1.82) is 0 Å². The minimum absolute atomic E-state index is 0.224. The Balaban J connectivity index is 1.50. The maximum Gasteiger partial charge on any atom is 0.329 e. The molecule has 0 spiro atoms. The molecule has 170 valence electrons. The minimum atomic E-state index is -0.887. The van der Waals surface area contributed by atoms with Crippen LogP contribution in [0.15, 0.2) is 54.6 Å². The highest BCUT2D eigenvalue weighted by molar-refractivity contribution is 6.33. The van der Waals surface area contributed by atoms with E-state index in [0.717, 1.165) is 5.69 Å². The first-order chi connectivity index (χ1) is 15.4. The lowest BCUT2D eigenvalue weighted by Gasteiger charge is -2.36. The molecule has 1 N–H and O–H groups in total. The Kier molecular flexibility index (Phi) is 8.11. The third-order valence-electron chi connectivity index (χ3n) is 5.42. The number of piperazine rings is 1. The highest BCUT2D eigenvalue weighted by Crippen LogP contribution is 2.17. The summed E-state index contributed by atoms with van der Waals surface area (Å²) in [5.74, 6) is -1.57. The van der Waals surface area contributed by atoms with E-state index in [0.29, 0.717) is 31.2 Å². The van der Waals surface area contributed by atoms with Crippen LogP contribution < -0.4 is 10.2 Å². The van der Waals surface area contributed by atoms with Crippen LogP contribution in [0, 0.1) is 5.92 Å². The molecule has 0 radical (unpaired) electrons. The molecule has 2 aromatic carbocycles. The van der Waals surface area contributed by atoms with Gasteiger partial charge in [0.1, 0.15) is 6.04 Å². The summed E-state index contributed by atoms with van der Waals surface area (Å²) in [6, 6.07) is 15.8. The Hall–Kier alpha value is -3.06. The molecule has 1 atom stereocenters. The van der Waals surface area contributed by atoms with E-state index in [1.54, 1.807) is 43.0 Å². The SMILES string of the molecule is CC(C)[C@@H](NC(=O)c1ccccc1Cl)C(=O)OCC(=O)N1CCN(c2ccccc2)CC1. The first-order valence-electron chi connectivity index (χ1n) is 10.7. The molecule has 1 heterocycles. The average Bonchev–Trinajstić information content (AvgIpc) is 2.81. The van der Waals surface area contributed by atoms with E-state index in [4.69, 9.17) is 16.3 Å². The van der Waals surface area contributed by atoms with Gasteiger partial charge in [-0.2, -0.15) is 0 Å². The van der Waals surface area contributed by atoms with Crippen molar-refractivity contribution in [3.05, 3.63) is 65.2 Å². The second-order valence-corrected chi connectivity index (χ2v) is 8.39. The van der Waals surface area contributed by atoms with Crippen molar-refractivity contribution in [2.45, 2.75) is 19.9 Å². The number of rotatable bonds is 7. The second kappa shape index (κ2) is 11.0. The van der Waals surface area contributed by atoms with Gasteiger partial charge in [-0.3, -0.25) is 9.59 Å². The third kappa shape index (κ3) is 6.01. The molecule has 1 saturated heterocycles. The number of anilines is 1. The fourth-order valence-electron chi connectivity index (χ4n) is 3.53. The van der Waals surface area contributed by atoms with E-state index in [2.05, 4.69) is 10.2 Å². The summed E-state index contributed by atoms with van der Waals surface area (Å²) >= 11 is 6.07. The van der Waals surface area contributed by atoms with Crippen LogP contribution in [-0.4, -0.2) is 61.5 Å². The molecule has 0 unspecified atom stereocenters. The fraction of sp³-hybridized carbons (Fsp3) is 0.375. The maximum absolute atomic E-state index is 12.6. The van der Waals surface area contributed by atoms with E-state index in [-0.39, 0.29) is 24.0 Å². The van der Waals surface area contributed by atoms with Crippen LogP contribution in [0.5, 0.6) is 0 Å². The number of hydrogen-bond donors (Lipinski definition) is 1. The summed E-state index contributed by atoms with van der Waals surface area (Å²) in [5, 5.41) is 2.97. The van der Waals surface area contributed by atoms with Crippen LogP contribution in [-0.2, 0) is 14.3 Å². The zero-order valence-electron chi connectivity index (χ0n) is 18.3. The zero-order valence-corrected chi connectivity index (χ0v) is 19.0. The summed E-state index contributed by atoms with van der Waals surface area (Å²) in [6.45, 7) is 5.78. The summed E-state index contributed by atoms with van der Waals surface area (Å²) in [5.41, 5.74) is 1.40. The Bertz CT molecular complexity index is 943. The van der Waals surface area contributed by atoms with E-state index >= 15 is 0 Å². The molecule has 0 aromatic heterocycles. The fourth-order valence-corrected chi connectivity index (χ4v) is 3.75. The molecule has 7 nitrogen and oxygen atoms in total. The van der Waals surface area contributed by atoms with Gasteiger partial charge in [-0.15, -0.1) is 0 Å². The van der Waals surface area contributed by atoms with Crippen molar-refractivity contribution in [3.63, 3.8) is 0 Å². The van der Waals surface area contributed by atoms with Gasteiger partial charge in [-0.25, -0.2) is 4.79 Å². The molecule has 0 bridgehead atoms. The molecule has 0 saturated carbocycles.